The molecule has 4 nitrogen and oxygen atoms in total. The number of fused-ring (bicyclic) bond motifs is 1. The third kappa shape index (κ3) is 6.01. The third-order valence-corrected chi connectivity index (χ3v) is 5.72. The van der Waals surface area contributed by atoms with Gasteiger partial charge in [0.15, 0.2) is 6.61 Å². The highest BCUT2D eigenvalue weighted by molar-refractivity contribution is 7.99. The highest BCUT2D eigenvalue weighted by atomic mass is 35.5. The fourth-order valence-electron chi connectivity index (χ4n) is 3.14. The zero-order valence-corrected chi connectivity index (χ0v) is 16.5. The number of carbonyl (C=O) groups excluding carboxylic acids is 2. The van der Waals surface area contributed by atoms with Gasteiger partial charge in [0.05, 0.1) is 12.5 Å². The summed E-state index contributed by atoms with van der Waals surface area (Å²) in [7, 11) is 0. The van der Waals surface area contributed by atoms with Crippen molar-refractivity contribution in [2.45, 2.75) is 36.6 Å². The lowest BCUT2D eigenvalue weighted by molar-refractivity contribution is -0.148. The van der Waals surface area contributed by atoms with Crippen molar-refractivity contribution < 1.29 is 14.3 Å². The van der Waals surface area contributed by atoms with E-state index in [0.29, 0.717) is 10.8 Å². The summed E-state index contributed by atoms with van der Waals surface area (Å²) in [5.74, 6) is -0.0241. The van der Waals surface area contributed by atoms with Gasteiger partial charge in [-0.15, -0.1) is 11.8 Å². The van der Waals surface area contributed by atoms with Gasteiger partial charge in [-0.3, -0.25) is 9.59 Å². The van der Waals surface area contributed by atoms with E-state index in [1.807, 2.05) is 36.4 Å². The van der Waals surface area contributed by atoms with Crippen molar-refractivity contribution in [3.63, 3.8) is 0 Å². The number of thioether (sulfide) groups is 1. The Morgan fingerprint density at radius 1 is 1.15 bits per heavy atom. The van der Waals surface area contributed by atoms with Crippen LogP contribution < -0.4 is 5.32 Å². The Morgan fingerprint density at radius 3 is 2.74 bits per heavy atom. The maximum absolute atomic E-state index is 12.1. The maximum Gasteiger partial charge on any atom is 0.307 e. The number of aryl methyl sites for hydroxylation is 1. The van der Waals surface area contributed by atoms with Crippen LogP contribution in [0.25, 0.3) is 0 Å². The van der Waals surface area contributed by atoms with Crippen LogP contribution >= 0.6 is 23.4 Å². The Hall–Kier alpha value is -1.98. The number of amides is 1. The van der Waals surface area contributed by atoms with Crippen LogP contribution in [0.2, 0.25) is 5.02 Å². The molecule has 0 heterocycles. The van der Waals surface area contributed by atoms with Gasteiger partial charge in [0.1, 0.15) is 0 Å². The van der Waals surface area contributed by atoms with Gasteiger partial charge in [0.25, 0.3) is 5.91 Å². The number of benzene rings is 2. The Bertz CT molecular complexity index is 794. The van der Waals surface area contributed by atoms with Crippen LogP contribution in [0.5, 0.6) is 0 Å². The van der Waals surface area contributed by atoms with Crippen LogP contribution in [0.1, 0.15) is 36.4 Å². The number of esters is 1. The van der Waals surface area contributed by atoms with Gasteiger partial charge < -0.3 is 10.1 Å². The fraction of sp³-hybridized carbons (Fsp3) is 0.333. The van der Waals surface area contributed by atoms with Crippen molar-refractivity contribution in [3.8, 4) is 0 Å². The maximum atomic E-state index is 12.1. The second-order valence-electron chi connectivity index (χ2n) is 6.42. The van der Waals surface area contributed by atoms with Crippen molar-refractivity contribution in [3.05, 3.63) is 64.7 Å². The molecular weight excluding hydrogens is 382 g/mol. The second-order valence-corrected chi connectivity index (χ2v) is 8.03. The molecule has 0 saturated carbocycles. The fourth-order valence-corrected chi connectivity index (χ4v) is 4.10. The van der Waals surface area contributed by atoms with Gasteiger partial charge in [0, 0.05) is 15.7 Å². The quantitative estimate of drug-likeness (QED) is 0.544. The van der Waals surface area contributed by atoms with E-state index in [1.54, 1.807) is 11.8 Å². The van der Waals surface area contributed by atoms with Gasteiger partial charge >= 0.3 is 5.97 Å². The van der Waals surface area contributed by atoms with Crippen LogP contribution in [0.4, 0.5) is 0 Å². The first kappa shape index (κ1) is 19.8. The standard InChI is InChI=1S/C21H22ClNO3S/c22-16-8-10-17(11-9-16)27-13-12-21(25)26-14-20(24)23-19-7-3-5-15-4-1-2-6-18(15)19/h1-2,4,6,8-11,19H,3,5,7,12-14H2,(H,23,24)/t19-/m1/s1. The molecule has 0 radical (unpaired) electrons. The molecular formula is C21H22ClNO3S. The van der Waals surface area contributed by atoms with E-state index in [4.69, 9.17) is 16.3 Å². The second kappa shape index (κ2) is 9.81. The average Bonchev–Trinajstić information content (AvgIpc) is 2.68. The van der Waals surface area contributed by atoms with Crippen LogP contribution in [-0.2, 0) is 20.7 Å². The largest absolute Gasteiger partial charge is 0.456 e. The van der Waals surface area contributed by atoms with Crippen molar-refractivity contribution in [2.75, 3.05) is 12.4 Å². The van der Waals surface area contributed by atoms with Crippen molar-refractivity contribution in [2.24, 2.45) is 0 Å². The van der Waals surface area contributed by atoms with Gasteiger partial charge in [-0.05, 0) is 54.7 Å². The summed E-state index contributed by atoms with van der Waals surface area (Å²) in [6, 6.07) is 15.6. The van der Waals surface area contributed by atoms with E-state index in [9.17, 15) is 9.59 Å². The Balaban J connectivity index is 1.38. The first-order valence-electron chi connectivity index (χ1n) is 9.03. The minimum atomic E-state index is -0.365. The van der Waals surface area contributed by atoms with E-state index < -0.39 is 0 Å². The lowest BCUT2D eigenvalue weighted by atomic mass is 9.88. The van der Waals surface area contributed by atoms with E-state index in [1.165, 1.54) is 11.1 Å². The number of rotatable bonds is 7. The SMILES string of the molecule is O=C(COC(=O)CCSc1ccc(Cl)cc1)N[C@@H]1CCCc2ccccc21. The number of ether oxygens (including phenoxy) is 1. The summed E-state index contributed by atoms with van der Waals surface area (Å²) >= 11 is 7.40. The average molecular weight is 404 g/mol. The minimum Gasteiger partial charge on any atom is -0.456 e. The predicted octanol–water partition coefficient (Wildman–Crippen LogP) is 4.56. The molecule has 1 aliphatic rings. The molecule has 6 heteroatoms. The third-order valence-electron chi connectivity index (χ3n) is 4.46. The summed E-state index contributed by atoms with van der Waals surface area (Å²) in [5, 5.41) is 3.67. The molecule has 2 aromatic carbocycles. The summed E-state index contributed by atoms with van der Waals surface area (Å²) in [6.07, 6.45) is 3.26. The molecule has 1 N–H and O–H groups in total. The number of carbonyl (C=O) groups is 2. The number of hydrogen-bond donors (Lipinski definition) is 1. The van der Waals surface area contributed by atoms with Gasteiger partial charge in [0.2, 0.25) is 0 Å². The first-order chi connectivity index (χ1) is 13.1. The molecule has 0 unspecified atom stereocenters. The number of halogens is 1. The normalized spacial score (nSPS) is 15.7. The molecule has 0 fully saturated rings. The number of hydrogen-bond acceptors (Lipinski definition) is 4. The number of nitrogens with one attached hydrogen (secondary N) is 1. The smallest absolute Gasteiger partial charge is 0.307 e. The zero-order chi connectivity index (χ0) is 19.1. The summed E-state index contributed by atoms with van der Waals surface area (Å²) in [4.78, 5) is 25.0. The lowest BCUT2D eigenvalue weighted by Gasteiger charge is -2.26. The summed E-state index contributed by atoms with van der Waals surface area (Å²) in [6.45, 7) is -0.233. The molecule has 1 atom stereocenters. The van der Waals surface area contributed by atoms with Crippen LogP contribution in [0.15, 0.2) is 53.4 Å². The van der Waals surface area contributed by atoms with Gasteiger partial charge in [-0.2, -0.15) is 0 Å². The highest BCUT2D eigenvalue weighted by Gasteiger charge is 2.21. The van der Waals surface area contributed by atoms with Crippen LogP contribution in [0.3, 0.4) is 0 Å². The molecule has 1 amide bonds. The molecule has 0 bridgehead atoms. The minimum absolute atomic E-state index is 0.00149. The Labute approximate surface area is 168 Å². The molecule has 1 aliphatic carbocycles. The molecule has 3 rings (SSSR count). The molecule has 27 heavy (non-hydrogen) atoms. The molecule has 0 spiro atoms. The van der Waals surface area contributed by atoms with Crippen LogP contribution in [0, 0.1) is 0 Å². The summed E-state index contributed by atoms with van der Waals surface area (Å²) < 4.78 is 5.10. The molecule has 142 valence electrons. The van der Waals surface area contributed by atoms with Gasteiger partial charge in [-0.25, -0.2) is 0 Å². The van der Waals surface area contributed by atoms with Crippen molar-refractivity contribution >= 4 is 35.2 Å². The monoisotopic (exact) mass is 403 g/mol. The summed E-state index contributed by atoms with van der Waals surface area (Å²) in [5.41, 5.74) is 2.45. The van der Waals surface area contributed by atoms with E-state index in [0.717, 1.165) is 24.2 Å². The van der Waals surface area contributed by atoms with E-state index in [-0.39, 0.29) is 30.9 Å². The first-order valence-corrected chi connectivity index (χ1v) is 10.4. The lowest BCUT2D eigenvalue weighted by Crippen LogP contribution is -2.34. The predicted molar refractivity (Wildman–Crippen MR) is 108 cm³/mol. The topological polar surface area (TPSA) is 55.4 Å². The van der Waals surface area contributed by atoms with E-state index >= 15 is 0 Å². The molecule has 2 aromatic rings. The molecule has 0 saturated heterocycles. The van der Waals surface area contributed by atoms with Crippen LogP contribution in [-0.4, -0.2) is 24.2 Å². The van der Waals surface area contributed by atoms with Crippen molar-refractivity contribution in [1.29, 1.82) is 0 Å². The van der Waals surface area contributed by atoms with Crippen molar-refractivity contribution in [1.82, 2.24) is 5.32 Å². The zero-order valence-electron chi connectivity index (χ0n) is 14.9. The Kier molecular flexibility index (Phi) is 7.18. The van der Waals surface area contributed by atoms with Gasteiger partial charge in [-0.1, -0.05) is 35.9 Å². The van der Waals surface area contributed by atoms with E-state index in [2.05, 4.69) is 17.4 Å². The Morgan fingerprint density at radius 2 is 1.93 bits per heavy atom. The molecule has 0 aromatic heterocycles. The molecule has 0 aliphatic heterocycles. The highest BCUT2D eigenvalue weighted by Crippen LogP contribution is 2.29.